The first-order valence-corrected chi connectivity index (χ1v) is 8.54. The van der Waals surface area contributed by atoms with Crippen LogP contribution in [0.2, 0.25) is 0 Å². The zero-order valence-electron chi connectivity index (χ0n) is 14.5. The summed E-state index contributed by atoms with van der Waals surface area (Å²) in [5, 5.41) is 3.00. The quantitative estimate of drug-likeness (QED) is 0.874. The lowest BCUT2D eigenvalue weighted by Gasteiger charge is -2.37. The van der Waals surface area contributed by atoms with Crippen LogP contribution in [0.1, 0.15) is 26.3 Å². The number of rotatable bonds is 6. The van der Waals surface area contributed by atoms with Gasteiger partial charge in [0.15, 0.2) is 0 Å². The standard InChI is InChI=1S/C19H29N3O/c1-16(2)20-19(23)17(3)22-14-12-21(13-15-22)11-7-10-18-8-5-4-6-9-18/h4-10,16-17H,11-15H2,1-3H3,(H,20,23). The molecule has 0 aliphatic carbocycles. The lowest BCUT2D eigenvalue weighted by Crippen LogP contribution is -2.54. The van der Waals surface area contributed by atoms with Crippen molar-refractivity contribution >= 4 is 12.0 Å². The molecular weight excluding hydrogens is 286 g/mol. The highest BCUT2D eigenvalue weighted by molar-refractivity contribution is 5.81. The average Bonchev–Trinajstić information content (AvgIpc) is 2.55. The van der Waals surface area contributed by atoms with Crippen molar-refractivity contribution < 1.29 is 4.79 Å². The summed E-state index contributed by atoms with van der Waals surface area (Å²) in [4.78, 5) is 16.8. The smallest absolute Gasteiger partial charge is 0.237 e. The molecule has 0 bridgehead atoms. The van der Waals surface area contributed by atoms with Gasteiger partial charge in [-0.05, 0) is 26.3 Å². The van der Waals surface area contributed by atoms with Gasteiger partial charge in [0.1, 0.15) is 0 Å². The molecule has 1 aromatic carbocycles. The number of carbonyl (C=O) groups is 1. The molecule has 0 saturated carbocycles. The minimum Gasteiger partial charge on any atom is -0.353 e. The van der Waals surface area contributed by atoms with Crippen molar-refractivity contribution in [2.24, 2.45) is 0 Å². The van der Waals surface area contributed by atoms with Gasteiger partial charge in [-0.2, -0.15) is 0 Å². The van der Waals surface area contributed by atoms with Gasteiger partial charge in [0.25, 0.3) is 0 Å². The van der Waals surface area contributed by atoms with E-state index < -0.39 is 0 Å². The number of benzene rings is 1. The summed E-state index contributed by atoms with van der Waals surface area (Å²) < 4.78 is 0. The van der Waals surface area contributed by atoms with Crippen LogP contribution in [0, 0.1) is 0 Å². The van der Waals surface area contributed by atoms with Gasteiger partial charge in [-0.25, -0.2) is 0 Å². The molecule has 1 fully saturated rings. The van der Waals surface area contributed by atoms with Gasteiger partial charge in [0.2, 0.25) is 5.91 Å². The zero-order valence-corrected chi connectivity index (χ0v) is 14.5. The van der Waals surface area contributed by atoms with Crippen molar-refractivity contribution in [1.29, 1.82) is 0 Å². The normalized spacial score (nSPS) is 18.4. The molecule has 23 heavy (non-hydrogen) atoms. The molecule has 126 valence electrons. The second kappa shape index (κ2) is 8.85. The second-order valence-corrected chi connectivity index (χ2v) is 6.49. The SMILES string of the molecule is CC(C)NC(=O)C(C)N1CCN(CC=Cc2ccccc2)CC1. The Hall–Kier alpha value is -1.65. The highest BCUT2D eigenvalue weighted by Crippen LogP contribution is 2.08. The van der Waals surface area contributed by atoms with Crippen LogP contribution >= 0.6 is 0 Å². The molecule has 0 radical (unpaired) electrons. The average molecular weight is 315 g/mol. The third-order valence-electron chi connectivity index (χ3n) is 4.24. The van der Waals surface area contributed by atoms with E-state index in [9.17, 15) is 4.79 Å². The summed E-state index contributed by atoms with van der Waals surface area (Å²) in [6.07, 6.45) is 4.39. The van der Waals surface area contributed by atoms with E-state index in [1.807, 2.05) is 26.8 Å². The molecule has 2 rings (SSSR count). The first-order valence-electron chi connectivity index (χ1n) is 8.54. The van der Waals surface area contributed by atoms with Crippen LogP contribution in [0.15, 0.2) is 36.4 Å². The Balaban J connectivity index is 1.73. The Bertz CT molecular complexity index is 505. The summed E-state index contributed by atoms with van der Waals surface area (Å²) in [6.45, 7) is 10.9. The van der Waals surface area contributed by atoms with E-state index in [0.717, 1.165) is 32.7 Å². The summed E-state index contributed by atoms with van der Waals surface area (Å²) in [6, 6.07) is 10.5. The monoisotopic (exact) mass is 315 g/mol. The first-order chi connectivity index (χ1) is 11.1. The van der Waals surface area contributed by atoms with Gasteiger partial charge in [-0.3, -0.25) is 14.6 Å². The van der Waals surface area contributed by atoms with E-state index in [0.29, 0.717) is 0 Å². The Morgan fingerprint density at radius 2 is 1.78 bits per heavy atom. The summed E-state index contributed by atoms with van der Waals surface area (Å²) >= 11 is 0. The molecule has 1 saturated heterocycles. The summed E-state index contributed by atoms with van der Waals surface area (Å²) in [5.41, 5.74) is 1.24. The molecule has 1 atom stereocenters. The predicted molar refractivity (Wildman–Crippen MR) is 96.2 cm³/mol. The van der Waals surface area contributed by atoms with Crippen LogP contribution < -0.4 is 5.32 Å². The maximum absolute atomic E-state index is 12.1. The molecule has 4 heteroatoms. The van der Waals surface area contributed by atoms with Crippen LogP contribution in [0.4, 0.5) is 0 Å². The van der Waals surface area contributed by atoms with Gasteiger partial charge in [0.05, 0.1) is 6.04 Å². The lowest BCUT2D eigenvalue weighted by atomic mass is 10.2. The summed E-state index contributed by atoms with van der Waals surface area (Å²) in [7, 11) is 0. The van der Waals surface area contributed by atoms with Crippen LogP contribution in [-0.4, -0.2) is 60.5 Å². The van der Waals surface area contributed by atoms with Gasteiger partial charge in [-0.1, -0.05) is 42.5 Å². The Kier molecular flexibility index (Phi) is 6.81. The highest BCUT2D eigenvalue weighted by Gasteiger charge is 2.25. The second-order valence-electron chi connectivity index (χ2n) is 6.49. The fourth-order valence-electron chi connectivity index (χ4n) is 2.81. The van der Waals surface area contributed by atoms with E-state index >= 15 is 0 Å². The summed E-state index contributed by atoms with van der Waals surface area (Å²) in [5.74, 6) is 0.137. The third kappa shape index (κ3) is 5.81. The number of amides is 1. The zero-order chi connectivity index (χ0) is 16.7. The largest absolute Gasteiger partial charge is 0.353 e. The number of hydrogen-bond donors (Lipinski definition) is 1. The number of carbonyl (C=O) groups excluding carboxylic acids is 1. The molecule has 1 aliphatic heterocycles. The van der Waals surface area contributed by atoms with Crippen molar-refractivity contribution in [3.05, 3.63) is 42.0 Å². The lowest BCUT2D eigenvalue weighted by molar-refractivity contribution is -0.127. The molecule has 1 unspecified atom stereocenters. The van der Waals surface area contributed by atoms with E-state index in [2.05, 4.69) is 51.5 Å². The minimum atomic E-state index is -0.0422. The van der Waals surface area contributed by atoms with Gasteiger partial charge < -0.3 is 5.32 Å². The Labute approximate surface area is 140 Å². The van der Waals surface area contributed by atoms with E-state index in [4.69, 9.17) is 0 Å². The molecule has 0 aromatic heterocycles. The molecule has 1 aliphatic rings. The number of hydrogen-bond acceptors (Lipinski definition) is 3. The topological polar surface area (TPSA) is 35.6 Å². The van der Waals surface area contributed by atoms with E-state index in [1.165, 1.54) is 5.56 Å². The van der Waals surface area contributed by atoms with Gasteiger partial charge >= 0.3 is 0 Å². The van der Waals surface area contributed by atoms with Crippen LogP contribution in [0.25, 0.3) is 6.08 Å². The predicted octanol–water partition coefficient (Wildman–Crippen LogP) is 2.23. The fourth-order valence-corrected chi connectivity index (χ4v) is 2.81. The third-order valence-corrected chi connectivity index (χ3v) is 4.24. The van der Waals surface area contributed by atoms with Crippen molar-refractivity contribution in [2.75, 3.05) is 32.7 Å². The highest BCUT2D eigenvalue weighted by atomic mass is 16.2. The van der Waals surface area contributed by atoms with Crippen LogP contribution in [0.3, 0.4) is 0 Å². The molecule has 1 heterocycles. The Morgan fingerprint density at radius 3 is 2.39 bits per heavy atom. The number of nitrogens with zero attached hydrogens (tertiary/aromatic N) is 2. The van der Waals surface area contributed by atoms with E-state index in [-0.39, 0.29) is 18.0 Å². The van der Waals surface area contributed by atoms with Crippen LogP contribution in [-0.2, 0) is 4.79 Å². The van der Waals surface area contributed by atoms with E-state index in [1.54, 1.807) is 0 Å². The molecule has 1 aromatic rings. The van der Waals surface area contributed by atoms with Crippen molar-refractivity contribution in [3.8, 4) is 0 Å². The minimum absolute atomic E-state index is 0.0422. The Morgan fingerprint density at radius 1 is 1.13 bits per heavy atom. The first kappa shape index (κ1) is 17.7. The maximum atomic E-state index is 12.1. The number of piperazine rings is 1. The maximum Gasteiger partial charge on any atom is 0.237 e. The van der Waals surface area contributed by atoms with Crippen molar-refractivity contribution in [1.82, 2.24) is 15.1 Å². The molecule has 4 nitrogen and oxygen atoms in total. The molecular formula is C19H29N3O. The van der Waals surface area contributed by atoms with Gasteiger partial charge in [0, 0.05) is 38.8 Å². The molecule has 0 spiro atoms. The van der Waals surface area contributed by atoms with Crippen molar-refractivity contribution in [3.63, 3.8) is 0 Å². The van der Waals surface area contributed by atoms with Crippen molar-refractivity contribution in [2.45, 2.75) is 32.9 Å². The van der Waals surface area contributed by atoms with Crippen LogP contribution in [0.5, 0.6) is 0 Å². The van der Waals surface area contributed by atoms with Gasteiger partial charge in [-0.15, -0.1) is 0 Å². The molecule has 1 N–H and O–H groups in total. The fraction of sp³-hybridized carbons (Fsp3) is 0.526. The number of nitrogens with one attached hydrogen (secondary N) is 1. The molecule has 1 amide bonds.